The molecule has 2 heteroatoms. The molecule has 108 valence electrons. The van der Waals surface area contributed by atoms with Crippen molar-refractivity contribution in [3.8, 4) is 24.7 Å². The fourth-order valence-electron chi connectivity index (χ4n) is 2.28. The normalized spacial score (nSPS) is 11.0. The van der Waals surface area contributed by atoms with Gasteiger partial charge in [0.1, 0.15) is 0 Å². The van der Waals surface area contributed by atoms with Gasteiger partial charge in [0.05, 0.1) is 13.1 Å². The summed E-state index contributed by atoms with van der Waals surface area (Å²) in [5.41, 5.74) is 3.89. The van der Waals surface area contributed by atoms with Crippen molar-refractivity contribution in [3.63, 3.8) is 0 Å². The molecule has 1 rings (SSSR count). The van der Waals surface area contributed by atoms with Crippen LogP contribution in [0.4, 0.5) is 0 Å². The second kappa shape index (κ2) is 8.80. The van der Waals surface area contributed by atoms with Crippen molar-refractivity contribution in [2.75, 3.05) is 19.6 Å². The third-order valence-corrected chi connectivity index (χ3v) is 3.35. The molecule has 0 aliphatic carbocycles. The average molecular weight is 278 g/mol. The molecule has 1 aromatic rings. The van der Waals surface area contributed by atoms with Crippen LogP contribution in [-0.2, 0) is 0 Å². The summed E-state index contributed by atoms with van der Waals surface area (Å²) in [6.45, 7) is 5.78. The first-order valence-electron chi connectivity index (χ1n) is 7.03. The summed E-state index contributed by atoms with van der Waals surface area (Å²) in [5.74, 6) is 5.28. The highest BCUT2D eigenvalue weighted by atomic mass is 15.1. The highest BCUT2D eigenvalue weighted by Gasteiger charge is 2.10. The van der Waals surface area contributed by atoms with E-state index >= 15 is 0 Å². The van der Waals surface area contributed by atoms with Crippen molar-refractivity contribution < 1.29 is 0 Å². The Kier molecular flexibility index (Phi) is 7.02. The molecular formula is C19H22N2. The minimum absolute atomic E-state index is 0.562. The molecule has 0 spiro atoms. The molecule has 0 bridgehead atoms. The smallest absolute Gasteiger partial charge is 0.0607 e. The Hall–Kier alpha value is -2.29. The lowest BCUT2D eigenvalue weighted by Crippen LogP contribution is -2.25. The molecule has 0 saturated carbocycles. The molecule has 0 amide bonds. The maximum absolute atomic E-state index is 7.90. The van der Waals surface area contributed by atoms with E-state index in [-0.39, 0.29) is 0 Å². The van der Waals surface area contributed by atoms with Crippen LogP contribution in [0.25, 0.3) is 5.57 Å². The first-order chi connectivity index (χ1) is 10.1. The maximum Gasteiger partial charge on any atom is 0.0607 e. The Morgan fingerprint density at radius 3 is 2.24 bits per heavy atom. The largest absolute Gasteiger partial charge is 0.305 e. The van der Waals surface area contributed by atoms with E-state index in [1.807, 2.05) is 32.0 Å². The van der Waals surface area contributed by atoms with Gasteiger partial charge in [-0.3, -0.25) is 4.90 Å². The van der Waals surface area contributed by atoms with Crippen LogP contribution in [0.15, 0.2) is 30.3 Å². The van der Waals surface area contributed by atoms with Crippen LogP contribution >= 0.6 is 0 Å². The van der Waals surface area contributed by atoms with Gasteiger partial charge in [0.2, 0.25) is 0 Å². The number of allylic oxidation sites excluding steroid dienone is 1. The number of hydrogen-bond donors (Lipinski definition) is 1. The SMILES string of the molecule is C#CCN(CC#C)CC/C(=C/C)c1ccccc1C(C)=N. The molecule has 0 fully saturated rings. The molecule has 2 nitrogen and oxygen atoms in total. The lowest BCUT2D eigenvalue weighted by atomic mass is 9.95. The molecule has 0 aromatic heterocycles. The Balaban J connectivity index is 2.89. The van der Waals surface area contributed by atoms with Crippen LogP contribution < -0.4 is 0 Å². The van der Waals surface area contributed by atoms with Gasteiger partial charge in [-0.15, -0.1) is 12.8 Å². The molecule has 0 radical (unpaired) electrons. The van der Waals surface area contributed by atoms with Gasteiger partial charge >= 0.3 is 0 Å². The molecule has 0 atom stereocenters. The minimum Gasteiger partial charge on any atom is -0.305 e. The van der Waals surface area contributed by atoms with E-state index in [1.165, 1.54) is 5.57 Å². The molecule has 0 unspecified atom stereocenters. The summed E-state index contributed by atoms with van der Waals surface area (Å²) < 4.78 is 0. The van der Waals surface area contributed by atoms with Crippen molar-refractivity contribution in [2.24, 2.45) is 0 Å². The summed E-state index contributed by atoms with van der Waals surface area (Å²) >= 11 is 0. The number of nitrogens with one attached hydrogen (secondary N) is 1. The highest BCUT2D eigenvalue weighted by molar-refractivity contribution is 6.00. The van der Waals surface area contributed by atoms with E-state index in [1.54, 1.807) is 0 Å². The van der Waals surface area contributed by atoms with E-state index < -0.39 is 0 Å². The van der Waals surface area contributed by atoms with Crippen molar-refractivity contribution in [1.82, 2.24) is 4.90 Å². The van der Waals surface area contributed by atoms with Crippen LogP contribution in [0.5, 0.6) is 0 Å². The second-order valence-corrected chi connectivity index (χ2v) is 4.85. The predicted molar refractivity (Wildman–Crippen MR) is 91.3 cm³/mol. The van der Waals surface area contributed by atoms with Gasteiger partial charge in [-0.2, -0.15) is 0 Å². The Morgan fingerprint density at radius 2 is 1.76 bits per heavy atom. The Bertz CT molecular complexity index is 581. The molecule has 0 heterocycles. The van der Waals surface area contributed by atoms with Crippen LogP contribution in [0.3, 0.4) is 0 Å². The monoisotopic (exact) mass is 278 g/mol. The molecule has 21 heavy (non-hydrogen) atoms. The molecule has 1 N–H and O–H groups in total. The number of terminal acetylenes is 2. The standard InChI is InChI=1S/C19H22N2/c1-5-13-21(14-6-2)15-12-17(7-3)19-11-9-8-10-18(19)16(4)20/h1-2,7-11,20H,12-15H2,3-4H3/b17-7-,20-16?. The topological polar surface area (TPSA) is 27.1 Å². The zero-order valence-electron chi connectivity index (χ0n) is 12.8. The maximum atomic E-state index is 7.90. The first kappa shape index (κ1) is 16.8. The summed E-state index contributed by atoms with van der Waals surface area (Å²) in [6, 6.07) is 8.02. The average Bonchev–Trinajstić information content (AvgIpc) is 2.48. The van der Waals surface area contributed by atoms with E-state index in [2.05, 4.69) is 28.9 Å². The van der Waals surface area contributed by atoms with Gasteiger partial charge in [-0.25, -0.2) is 0 Å². The Labute approximate surface area is 128 Å². The first-order valence-corrected chi connectivity index (χ1v) is 7.03. The van der Waals surface area contributed by atoms with Crippen LogP contribution in [0, 0.1) is 30.1 Å². The number of benzene rings is 1. The molecule has 0 aliphatic heterocycles. The zero-order valence-corrected chi connectivity index (χ0v) is 12.8. The number of nitrogens with zero attached hydrogens (tertiary/aromatic N) is 1. The fourth-order valence-corrected chi connectivity index (χ4v) is 2.28. The van der Waals surface area contributed by atoms with Gasteiger partial charge in [0.25, 0.3) is 0 Å². The number of rotatable bonds is 7. The van der Waals surface area contributed by atoms with Crippen molar-refractivity contribution in [2.45, 2.75) is 20.3 Å². The van der Waals surface area contributed by atoms with Crippen LogP contribution in [0.1, 0.15) is 31.4 Å². The van der Waals surface area contributed by atoms with E-state index in [9.17, 15) is 0 Å². The lowest BCUT2D eigenvalue weighted by molar-refractivity contribution is 0.354. The van der Waals surface area contributed by atoms with E-state index in [0.29, 0.717) is 18.8 Å². The summed E-state index contributed by atoms with van der Waals surface area (Å²) in [7, 11) is 0. The van der Waals surface area contributed by atoms with Crippen LogP contribution in [0.2, 0.25) is 0 Å². The fraction of sp³-hybridized carbons (Fsp3) is 0.316. The minimum atomic E-state index is 0.562. The summed E-state index contributed by atoms with van der Waals surface area (Å²) in [4.78, 5) is 2.07. The third kappa shape index (κ3) is 4.95. The van der Waals surface area contributed by atoms with E-state index in [0.717, 1.165) is 24.1 Å². The lowest BCUT2D eigenvalue weighted by Gasteiger charge is -2.19. The summed E-state index contributed by atoms with van der Waals surface area (Å²) in [5, 5.41) is 7.90. The van der Waals surface area contributed by atoms with Gasteiger partial charge in [-0.05, 0) is 31.4 Å². The highest BCUT2D eigenvalue weighted by Crippen LogP contribution is 2.23. The van der Waals surface area contributed by atoms with Gasteiger partial charge < -0.3 is 5.41 Å². The molecular weight excluding hydrogens is 256 g/mol. The van der Waals surface area contributed by atoms with E-state index in [4.69, 9.17) is 18.3 Å². The van der Waals surface area contributed by atoms with Gasteiger partial charge in [-0.1, -0.05) is 42.2 Å². The third-order valence-electron chi connectivity index (χ3n) is 3.35. The van der Waals surface area contributed by atoms with Crippen molar-refractivity contribution in [3.05, 3.63) is 41.5 Å². The second-order valence-electron chi connectivity index (χ2n) is 4.85. The Morgan fingerprint density at radius 1 is 1.19 bits per heavy atom. The zero-order chi connectivity index (χ0) is 15.7. The van der Waals surface area contributed by atoms with Crippen LogP contribution in [-0.4, -0.2) is 30.2 Å². The summed E-state index contributed by atoms with van der Waals surface area (Å²) in [6.07, 6.45) is 13.7. The van der Waals surface area contributed by atoms with Gasteiger partial charge in [0.15, 0.2) is 0 Å². The predicted octanol–water partition coefficient (Wildman–Crippen LogP) is 3.44. The molecule has 1 aromatic carbocycles. The quantitative estimate of drug-likeness (QED) is 0.600. The van der Waals surface area contributed by atoms with Crippen molar-refractivity contribution in [1.29, 1.82) is 5.41 Å². The molecule has 0 aliphatic rings. The van der Waals surface area contributed by atoms with Crippen molar-refractivity contribution >= 4 is 11.3 Å². The molecule has 0 saturated heterocycles. The van der Waals surface area contributed by atoms with Gasteiger partial charge in [0, 0.05) is 17.8 Å². The number of hydrogen-bond acceptors (Lipinski definition) is 2.